The first-order valence-electron chi connectivity index (χ1n) is 6.70. The predicted molar refractivity (Wildman–Crippen MR) is 70.9 cm³/mol. The number of aliphatic carboxylic acids is 1. The first-order valence-corrected chi connectivity index (χ1v) is 6.70. The molecule has 0 spiro atoms. The van der Waals surface area contributed by atoms with Crippen molar-refractivity contribution in [2.45, 2.75) is 38.4 Å². The molecular weight excluding hydrogens is 248 g/mol. The van der Waals surface area contributed by atoms with E-state index in [2.05, 4.69) is 5.32 Å². The number of nitrogens with one attached hydrogen (secondary N) is 1. The number of rotatable bonds is 7. The van der Waals surface area contributed by atoms with E-state index in [4.69, 9.17) is 4.74 Å². The van der Waals surface area contributed by atoms with Crippen LogP contribution in [-0.4, -0.2) is 61.3 Å². The van der Waals surface area contributed by atoms with Crippen LogP contribution in [0.4, 0.5) is 0 Å². The Morgan fingerprint density at radius 1 is 1.42 bits per heavy atom. The van der Waals surface area contributed by atoms with Gasteiger partial charge in [0.25, 0.3) is 0 Å². The van der Waals surface area contributed by atoms with Crippen LogP contribution in [0.5, 0.6) is 0 Å². The second kappa shape index (κ2) is 7.45. The topological polar surface area (TPSA) is 78.9 Å². The number of carboxylic acid groups (broad SMARTS) is 1. The standard InChI is InChI=1S/C13H24N2O4/c1-9-4-5-11(19-9)10(13(17)18)8-12(16)14-6-7-15(2)3/h9-11H,4-8H2,1-3H3,(H,14,16)(H,17,18)/t9-,10?,11-/m1/s1. The molecule has 0 aromatic heterocycles. The van der Waals surface area contributed by atoms with Gasteiger partial charge >= 0.3 is 5.97 Å². The average Bonchev–Trinajstić information content (AvgIpc) is 2.71. The highest BCUT2D eigenvalue weighted by Crippen LogP contribution is 2.27. The molecule has 1 saturated heterocycles. The first-order chi connectivity index (χ1) is 8.90. The number of ether oxygens (including phenoxy) is 1. The van der Waals surface area contributed by atoms with Crippen molar-refractivity contribution in [3.63, 3.8) is 0 Å². The van der Waals surface area contributed by atoms with Crippen LogP contribution in [0.1, 0.15) is 26.2 Å². The predicted octanol–water partition coefficient (Wildman–Crippen LogP) is 0.323. The van der Waals surface area contributed by atoms with Gasteiger partial charge in [0.05, 0.1) is 18.1 Å². The zero-order valence-electron chi connectivity index (χ0n) is 11.9. The van der Waals surface area contributed by atoms with E-state index in [0.717, 1.165) is 13.0 Å². The molecule has 1 aliphatic heterocycles. The van der Waals surface area contributed by atoms with Gasteiger partial charge in [0, 0.05) is 19.5 Å². The summed E-state index contributed by atoms with van der Waals surface area (Å²) >= 11 is 0. The molecule has 6 heteroatoms. The van der Waals surface area contributed by atoms with Crippen LogP contribution >= 0.6 is 0 Å². The summed E-state index contributed by atoms with van der Waals surface area (Å²) in [5.41, 5.74) is 0. The van der Waals surface area contributed by atoms with Crippen LogP contribution in [-0.2, 0) is 14.3 Å². The Labute approximate surface area is 114 Å². The van der Waals surface area contributed by atoms with Gasteiger partial charge in [-0.15, -0.1) is 0 Å². The molecule has 0 aromatic carbocycles. The summed E-state index contributed by atoms with van der Waals surface area (Å²) in [4.78, 5) is 24.9. The molecule has 110 valence electrons. The lowest BCUT2D eigenvalue weighted by atomic mass is 9.96. The quantitative estimate of drug-likeness (QED) is 0.698. The Bertz CT molecular complexity index is 320. The molecule has 6 nitrogen and oxygen atoms in total. The van der Waals surface area contributed by atoms with E-state index in [0.29, 0.717) is 13.0 Å². The maximum absolute atomic E-state index is 11.7. The smallest absolute Gasteiger partial charge is 0.309 e. The summed E-state index contributed by atoms with van der Waals surface area (Å²) in [6.07, 6.45) is 1.30. The van der Waals surface area contributed by atoms with Crippen molar-refractivity contribution in [2.24, 2.45) is 5.92 Å². The molecule has 0 aliphatic carbocycles. The number of amides is 1. The number of carbonyl (C=O) groups excluding carboxylic acids is 1. The van der Waals surface area contributed by atoms with Crippen molar-refractivity contribution in [3.05, 3.63) is 0 Å². The highest BCUT2D eigenvalue weighted by molar-refractivity contribution is 5.82. The van der Waals surface area contributed by atoms with Crippen LogP contribution in [0.2, 0.25) is 0 Å². The zero-order valence-corrected chi connectivity index (χ0v) is 11.9. The van der Waals surface area contributed by atoms with Crippen molar-refractivity contribution < 1.29 is 19.4 Å². The lowest BCUT2D eigenvalue weighted by Gasteiger charge is -2.19. The third kappa shape index (κ3) is 5.57. The van der Waals surface area contributed by atoms with Gasteiger partial charge in [0.15, 0.2) is 0 Å². The minimum atomic E-state index is -0.957. The Morgan fingerprint density at radius 3 is 2.58 bits per heavy atom. The lowest BCUT2D eigenvalue weighted by molar-refractivity contribution is -0.149. The number of carboxylic acids is 1. The van der Waals surface area contributed by atoms with E-state index >= 15 is 0 Å². The molecule has 1 amide bonds. The molecule has 1 unspecified atom stereocenters. The van der Waals surface area contributed by atoms with Gasteiger partial charge in [-0.25, -0.2) is 0 Å². The summed E-state index contributed by atoms with van der Waals surface area (Å²) in [6.45, 7) is 3.19. The Hall–Kier alpha value is -1.14. The van der Waals surface area contributed by atoms with E-state index in [1.807, 2.05) is 25.9 Å². The van der Waals surface area contributed by atoms with Gasteiger partial charge in [0.1, 0.15) is 0 Å². The van der Waals surface area contributed by atoms with Gasteiger partial charge in [-0.05, 0) is 33.9 Å². The largest absolute Gasteiger partial charge is 0.481 e. The van der Waals surface area contributed by atoms with Crippen molar-refractivity contribution in [1.82, 2.24) is 10.2 Å². The van der Waals surface area contributed by atoms with Gasteiger partial charge in [0.2, 0.25) is 5.91 Å². The Morgan fingerprint density at radius 2 is 2.11 bits per heavy atom. The minimum Gasteiger partial charge on any atom is -0.481 e. The van der Waals surface area contributed by atoms with Crippen molar-refractivity contribution in [1.29, 1.82) is 0 Å². The molecule has 0 radical (unpaired) electrons. The normalized spacial score (nSPS) is 24.4. The van der Waals surface area contributed by atoms with Gasteiger partial charge in [-0.3, -0.25) is 9.59 Å². The van der Waals surface area contributed by atoms with E-state index in [1.165, 1.54) is 0 Å². The maximum Gasteiger partial charge on any atom is 0.309 e. The summed E-state index contributed by atoms with van der Waals surface area (Å²) < 4.78 is 5.56. The fourth-order valence-corrected chi connectivity index (χ4v) is 2.20. The average molecular weight is 272 g/mol. The SMILES string of the molecule is C[C@@H]1CC[C@H](C(CC(=O)NCCN(C)C)C(=O)O)O1. The van der Waals surface area contributed by atoms with Crippen molar-refractivity contribution >= 4 is 11.9 Å². The molecule has 1 heterocycles. The highest BCUT2D eigenvalue weighted by atomic mass is 16.5. The lowest BCUT2D eigenvalue weighted by Crippen LogP contribution is -2.37. The number of nitrogens with zero attached hydrogens (tertiary/aromatic N) is 1. The zero-order chi connectivity index (χ0) is 14.4. The van der Waals surface area contributed by atoms with Gasteiger partial charge in [-0.2, -0.15) is 0 Å². The molecule has 2 N–H and O–H groups in total. The van der Waals surface area contributed by atoms with Gasteiger partial charge in [-0.1, -0.05) is 0 Å². The molecule has 0 aromatic rings. The molecular formula is C13H24N2O4. The highest BCUT2D eigenvalue weighted by Gasteiger charge is 2.35. The minimum absolute atomic E-state index is 0.0137. The summed E-state index contributed by atoms with van der Waals surface area (Å²) in [5.74, 6) is -1.93. The third-order valence-corrected chi connectivity index (χ3v) is 3.32. The molecule has 19 heavy (non-hydrogen) atoms. The summed E-state index contributed by atoms with van der Waals surface area (Å²) in [5, 5.41) is 11.9. The van der Waals surface area contributed by atoms with E-state index in [9.17, 15) is 14.7 Å². The van der Waals surface area contributed by atoms with Crippen LogP contribution in [0.15, 0.2) is 0 Å². The number of likely N-dealkylation sites (N-methyl/N-ethyl adjacent to an activating group) is 1. The van der Waals surface area contributed by atoms with Gasteiger partial charge < -0.3 is 20.1 Å². The molecule has 1 rings (SSSR count). The van der Waals surface area contributed by atoms with Crippen LogP contribution in [0, 0.1) is 5.92 Å². The second-order valence-electron chi connectivity index (χ2n) is 5.36. The number of hydrogen-bond donors (Lipinski definition) is 2. The van der Waals surface area contributed by atoms with Crippen LogP contribution in [0.3, 0.4) is 0 Å². The first kappa shape index (κ1) is 15.9. The fourth-order valence-electron chi connectivity index (χ4n) is 2.20. The van der Waals surface area contributed by atoms with Crippen molar-refractivity contribution in [3.8, 4) is 0 Å². The van der Waals surface area contributed by atoms with E-state index < -0.39 is 11.9 Å². The number of hydrogen-bond acceptors (Lipinski definition) is 4. The second-order valence-corrected chi connectivity index (χ2v) is 5.36. The molecule has 1 aliphatic rings. The fraction of sp³-hybridized carbons (Fsp3) is 0.846. The Balaban J connectivity index is 2.41. The third-order valence-electron chi connectivity index (χ3n) is 3.32. The molecule has 3 atom stereocenters. The van der Waals surface area contributed by atoms with Crippen molar-refractivity contribution in [2.75, 3.05) is 27.2 Å². The summed E-state index contributed by atoms with van der Waals surface area (Å²) in [7, 11) is 3.83. The van der Waals surface area contributed by atoms with E-state index in [-0.39, 0.29) is 24.5 Å². The molecule has 0 saturated carbocycles. The van der Waals surface area contributed by atoms with Crippen LogP contribution in [0.25, 0.3) is 0 Å². The number of carbonyl (C=O) groups is 2. The molecule has 1 fully saturated rings. The van der Waals surface area contributed by atoms with E-state index in [1.54, 1.807) is 0 Å². The Kier molecular flexibility index (Phi) is 6.24. The monoisotopic (exact) mass is 272 g/mol. The maximum atomic E-state index is 11.7. The van der Waals surface area contributed by atoms with Crippen LogP contribution < -0.4 is 5.32 Å². The molecule has 0 bridgehead atoms. The summed E-state index contributed by atoms with van der Waals surface area (Å²) in [6, 6.07) is 0.